The van der Waals surface area contributed by atoms with Crippen molar-refractivity contribution in [1.82, 2.24) is 0 Å². The van der Waals surface area contributed by atoms with Gasteiger partial charge < -0.3 is 9.32 Å². The van der Waals surface area contributed by atoms with Crippen LogP contribution in [-0.2, 0) is 10.8 Å². The van der Waals surface area contributed by atoms with Crippen LogP contribution in [0, 0.1) is 0 Å². The van der Waals surface area contributed by atoms with E-state index in [-0.39, 0.29) is 10.8 Å². The van der Waals surface area contributed by atoms with E-state index in [0.29, 0.717) is 0 Å². The number of hydrogen-bond donors (Lipinski definition) is 0. The normalized spacial score (nSPS) is 14.8. The molecule has 2 aliphatic rings. The quantitative estimate of drug-likeness (QED) is 0.186. The third-order valence-corrected chi connectivity index (χ3v) is 12.2. The maximum atomic E-state index is 6.57. The molecule has 0 N–H and O–H groups in total. The summed E-state index contributed by atoms with van der Waals surface area (Å²) in [6, 6.07) is 55.7. The smallest absolute Gasteiger partial charge is 0.159 e. The highest BCUT2D eigenvalue weighted by Gasteiger charge is 2.43. The van der Waals surface area contributed by atoms with Gasteiger partial charge >= 0.3 is 0 Å². The standard InChI is InChI=1S/C50H37NO/c1-49(2)42-29-41-38-25-22-31-27-33(51(32-14-6-5-7-15-32)44-19-12-18-39-36-17-10-11-20-45(36)52-48(39)44)23-26-35(31)47(38)50(3,4)43(41)28-40(42)37-24-21-30-13-8-9-16-34(30)46(37)49/h5-29H,1-4H3. The summed E-state index contributed by atoms with van der Waals surface area (Å²) < 4.78 is 6.57. The zero-order chi connectivity index (χ0) is 34.9. The molecule has 1 heterocycles. The van der Waals surface area contributed by atoms with Crippen molar-refractivity contribution in [3.8, 4) is 22.3 Å². The highest BCUT2D eigenvalue weighted by molar-refractivity contribution is 6.11. The van der Waals surface area contributed by atoms with E-state index in [1.807, 2.05) is 6.07 Å². The predicted octanol–water partition coefficient (Wildman–Crippen LogP) is 14.0. The molecule has 0 bridgehead atoms. The average molecular weight is 668 g/mol. The van der Waals surface area contributed by atoms with Gasteiger partial charge in [0.05, 0.1) is 5.69 Å². The number of hydrogen-bond acceptors (Lipinski definition) is 2. The van der Waals surface area contributed by atoms with E-state index in [4.69, 9.17) is 4.42 Å². The Labute approximate surface area is 303 Å². The highest BCUT2D eigenvalue weighted by atomic mass is 16.3. The Bertz CT molecular complexity index is 2960. The number of benzene rings is 8. The Hall–Kier alpha value is -6.12. The summed E-state index contributed by atoms with van der Waals surface area (Å²) in [5.41, 5.74) is 16.0. The third kappa shape index (κ3) is 3.84. The van der Waals surface area contributed by atoms with Gasteiger partial charge in [0.2, 0.25) is 0 Å². The third-order valence-electron chi connectivity index (χ3n) is 12.2. The summed E-state index contributed by atoms with van der Waals surface area (Å²) >= 11 is 0. The minimum atomic E-state index is -0.163. The van der Waals surface area contributed by atoms with Crippen LogP contribution in [0.5, 0.6) is 0 Å². The molecule has 0 spiro atoms. The lowest BCUT2D eigenvalue weighted by molar-refractivity contribution is 0.657. The number of anilines is 3. The van der Waals surface area contributed by atoms with Gasteiger partial charge in [0.1, 0.15) is 5.58 Å². The molecule has 11 rings (SSSR count). The van der Waals surface area contributed by atoms with Gasteiger partial charge in [0.15, 0.2) is 5.58 Å². The first kappa shape index (κ1) is 29.6. The van der Waals surface area contributed by atoms with Crippen molar-refractivity contribution >= 4 is 60.5 Å². The van der Waals surface area contributed by atoms with Gasteiger partial charge in [0.25, 0.3) is 0 Å². The van der Waals surface area contributed by atoms with Crippen molar-refractivity contribution in [3.05, 3.63) is 174 Å². The lowest BCUT2D eigenvalue weighted by Gasteiger charge is -2.27. The van der Waals surface area contributed by atoms with Crippen LogP contribution in [0.2, 0.25) is 0 Å². The van der Waals surface area contributed by atoms with Crippen molar-refractivity contribution in [2.45, 2.75) is 38.5 Å². The lowest BCUT2D eigenvalue weighted by Crippen LogP contribution is -2.17. The zero-order valence-corrected chi connectivity index (χ0v) is 29.8. The first-order valence-electron chi connectivity index (χ1n) is 18.4. The number of furan rings is 1. The molecule has 1 aromatic heterocycles. The van der Waals surface area contributed by atoms with Crippen LogP contribution in [0.25, 0.3) is 65.7 Å². The summed E-state index contributed by atoms with van der Waals surface area (Å²) in [6.45, 7) is 9.64. The van der Waals surface area contributed by atoms with Crippen LogP contribution in [0.15, 0.2) is 156 Å². The Morgan fingerprint density at radius 2 is 1.02 bits per heavy atom. The first-order valence-corrected chi connectivity index (χ1v) is 18.4. The molecule has 0 saturated carbocycles. The Morgan fingerprint density at radius 1 is 0.423 bits per heavy atom. The summed E-state index contributed by atoms with van der Waals surface area (Å²) in [4.78, 5) is 2.34. The second-order valence-electron chi connectivity index (χ2n) is 15.7. The minimum absolute atomic E-state index is 0.0944. The molecule has 248 valence electrons. The Balaban J connectivity index is 1.08. The van der Waals surface area contributed by atoms with Crippen molar-refractivity contribution in [3.63, 3.8) is 0 Å². The molecular formula is C50H37NO. The number of nitrogens with zero attached hydrogens (tertiary/aromatic N) is 1. The van der Waals surface area contributed by atoms with Crippen molar-refractivity contribution in [1.29, 1.82) is 0 Å². The van der Waals surface area contributed by atoms with Crippen molar-refractivity contribution in [2.75, 3.05) is 4.90 Å². The molecule has 0 unspecified atom stereocenters. The van der Waals surface area contributed by atoms with E-state index in [2.05, 4.69) is 178 Å². The molecule has 8 aromatic carbocycles. The van der Waals surface area contributed by atoms with E-state index in [1.165, 1.54) is 66.1 Å². The molecule has 0 saturated heterocycles. The molecule has 52 heavy (non-hydrogen) atoms. The van der Waals surface area contributed by atoms with Crippen LogP contribution in [0.3, 0.4) is 0 Å². The highest BCUT2D eigenvalue weighted by Crippen LogP contribution is 2.58. The fourth-order valence-electron chi connectivity index (χ4n) is 9.78. The predicted molar refractivity (Wildman–Crippen MR) is 219 cm³/mol. The van der Waals surface area contributed by atoms with Gasteiger partial charge in [-0.25, -0.2) is 0 Å². The molecule has 0 amide bonds. The van der Waals surface area contributed by atoms with E-state index < -0.39 is 0 Å². The van der Waals surface area contributed by atoms with Crippen LogP contribution in [-0.4, -0.2) is 0 Å². The molecule has 9 aromatic rings. The number of fused-ring (bicyclic) bond motifs is 13. The summed E-state index contributed by atoms with van der Waals surface area (Å²) in [7, 11) is 0. The van der Waals surface area contributed by atoms with Crippen molar-refractivity contribution in [2.24, 2.45) is 0 Å². The Kier molecular flexibility index (Phi) is 5.83. The molecule has 0 atom stereocenters. The summed E-state index contributed by atoms with van der Waals surface area (Å²) in [6.07, 6.45) is 0. The van der Waals surface area contributed by atoms with Crippen LogP contribution in [0.1, 0.15) is 49.9 Å². The van der Waals surface area contributed by atoms with Gasteiger partial charge in [-0.2, -0.15) is 0 Å². The number of para-hydroxylation sites is 3. The molecule has 0 aliphatic heterocycles. The van der Waals surface area contributed by atoms with E-state index in [1.54, 1.807) is 0 Å². The fraction of sp³-hybridized carbons (Fsp3) is 0.120. The number of rotatable bonds is 3. The fourth-order valence-corrected chi connectivity index (χ4v) is 9.78. The van der Waals surface area contributed by atoms with Crippen LogP contribution < -0.4 is 4.90 Å². The molecule has 0 fully saturated rings. The maximum Gasteiger partial charge on any atom is 0.159 e. The van der Waals surface area contributed by atoms with Crippen LogP contribution in [0.4, 0.5) is 17.1 Å². The van der Waals surface area contributed by atoms with Gasteiger partial charge in [-0.1, -0.05) is 131 Å². The summed E-state index contributed by atoms with van der Waals surface area (Å²) in [5, 5.41) is 7.48. The Morgan fingerprint density at radius 3 is 1.75 bits per heavy atom. The van der Waals surface area contributed by atoms with E-state index >= 15 is 0 Å². The second kappa shape index (κ2) is 10.2. The monoisotopic (exact) mass is 667 g/mol. The van der Waals surface area contributed by atoms with Gasteiger partial charge in [0, 0.05) is 33.0 Å². The molecule has 0 radical (unpaired) electrons. The van der Waals surface area contributed by atoms with Gasteiger partial charge in [-0.3, -0.25) is 0 Å². The molecule has 2 aliphatic carbocycles. The summed E-state index contributed by atoms with van der Waals surface area (Å²) in [5.74, 6) is 0. The minimum Gasteiger partial charge on any atom is -0.454 e. The SMILES string of the molecule is CC1(C)c2cc3c(cc2-c2ccc4ccccc4c21)C(C)(C)c1c-3ccc2cc(N(c3ccccc3)c3cccc4c3oc3ccccc34)ccc12. The molecular weight excluding hydrogens is 631 g/mol. The average Bonchev–Trinajstić information content (AvgIpc) is 3.74. The first-order chi connectivity index (χ1) is 25.3. The van der Waals surface area contributed by atoms with E-state index in [0.717, 1.165) is 39.0 Å². The van der Waals surface area contributed by atoms with E-state index in [9.17, 15) is 0 Å². The molecule has 2 heteroatoms. The maximum absolute atomic E-state index is 6.57. The molecule has 2 nitrogen and oxygen atoms in total. The van der Waals surface area contributed by atoms with Crippen molar-refractivity contribution < 1.29 is 4.42 Å². The van der Waals surface area contributed by atoms with Gasteiger partial charge in [-0.15, -0.1) is 0 Å². The zero-order valence-electron chi connectivity index (χ0n) is 29.8. The largest absolute Gasteiger partial charge is 0.454 e. The lowest BCUT2D eigenvalue weighted by atomic mass is 9.78. The van der Waals surface area contributed by atoms with Crippen LogP contribution >= 0.6 is 0 Å². The topological polar surface area (TPSA) is 16.4 Å². The van der Waals surface area contributed by atoms with Gasteiger partial charge in [-0.05, 0) is 115 Å². The second-order valence-corrected chi connectivity index (χ2v) is 15.7.